The summed E-state index contributed by atoms with van der Waals surface area (Å²) in [4.78, 5) is 0.202. The maximum Gasteiger partial charge on any atom is 0.241 e. The predicted molar refractivity (Wildman–Crippen MR) is 77.0 cm³/mol. The van der Waals surface area contributed by atoms with Gasteiger partial charge in [-0.3, -0.25) is 0 Å². The van der Waals surface area contributed by atoms with Crippen LogP contribution in [-0.2, 0) is 10.0 Å². The van der Waals surface area contributed by atoms with Crippen LogP contribution in [-0.4, -0.2) is 26.2 Å². The lowest BCUT2D eigenvalue weighted by atomic mass is 10.1. The Morgan fingerprint density at radius 1 is 1.26 bits per heavy atom. The summed E-state index contributed by atoms with van der Waals surface area (Å²) in [5.41, 5.74) is 1.29. The van der Waals surface area contributed by atoms with Gasteiger partial charge in [-0.2, -0.15) is 0 Å². The van der Waals surface area contributed by atoms with Gasteiger partial charge in [-0.15, -0.1) is 0 Å². The molecule has 19 heavy (non-hydrogen) atoms. The summed E-state index contributed by atoms with van der Waals surface area (Å²) in [6.45, 7) is 6.92. The number of rotatable bonds is 5. The molecule has 108 valence electrons. The normalized spacial score (nSPS) is 13.8. The zero-order chi connectivity index (χ0) is 14.8. The van der Waals surface area contributed by atoms with Crippen molar-refractivity contribution >= 4 is 21.6 Å². The van der Waals surface area contributed by atoms with E-state index in [2.05, 4.69) is 4.72 Å². The standard InChI is InChI=1S/C13H20ClNO3S/c1-8(2)12(7-16)15-19(17,18)13-6-9(3)11(14)5-10(13)4/h5-6,8,12,15-16H,7H2,1-4H3. The third kappa shape index (κ3) is 3.92. The highest BCUT2D eigenvalue weighted by Gasteiger charge is 2.23. The van der Waals surface area contributed by atoms with Crippen LogP contribution in [0.3, 0.4) is 0 Å². The van der Waals surface area contributed by atoms with Crippen molar-refractivity contribution in [1.29, 1.82) is 0 Å². The van der Waals surface area contributed by atoms with Gasteiger partial charge < -0.3 is 5.11 Å². The number of halogens is 1. The summed E-state index contributed by atoms with van der Waals surface area (Å²) in [5.74, 6) is 0.00785. The van der Waals surface area contributed by atoms with E-state index in [4.69, 9.17) is 11.6 Å². The largest absolute Gasteiger partial charge is 0.395 e. The lowest BCUT2D eigenvalue weighted by Crippen LogP contribution is -2.41. The molecule has 0 aliphatic carbocycles. The summed E-state index contributed by atoms with van der Waals surface area (Å²) in [5, 5.41) is 9.77. The number of sulfonamides is 1. The Bertz CT molecular complexity index is 555. The SMILES string of the molecule is Cc1cc(S(=O)(=O)NC(CO)C(C)C)c(C)cc1Cl. The maximum absolute atomic E-state index is 12.3. The molecule has 0 saturated carbocycles. The Kier molecular flexibility index (Phi) is 5.38. The average Bonchev–Trinajstić information content (AvgIpc) is 2.30. The van der Waals surface area contributed by atoms with Crippen LogP contribution < -0.4 is 4.72 Å². The molecule has 1 aromatic rings. The fourth-order valence-electron chi connectivity index (χ4n) is 1.69. The van der Waals surface area contributed by atoms with E-state index in [0.29, 0.717) is 16.1 Å². The quantitative estimate of drug-likeness (QED) is 0.877. The van der Waals surface area contributed by atoms with E-state index in [9.17, 15) is 13.5 Å². The van der Waals surface area contributed by atoms with Gasteiger partial charge in [0.1, 0.15) is 0 Å². The van der Waals surface area contributed by atoms with Crippen LogP contribution in [0.2, 0.25) is 5.02 Å². The number of aryl methyl sites for hydroxylation is 2. The second-order valence-corrected chi connectivity index (χ2v) is 7.11. The molecule has 2 N–H and O–H groups in total. The first-order valence-corrected chi connectivity index (χ1v) is 7.95. The average molecular weight is 306 g/mol. The number of aliphatic hydroxyl groups excluding tert-OH is 1. The lowest BCUT2D eigenvalue weighted by molar-refractivity contribution is 0.227. The van der Waals surface area contributed by atoms with Crippen molar-refractivity contribution in [3.05, 3.63) is 28.3 Å². The van der Waals surface area contributed by atoms with Gasteiger partial charge in [-0.25, -0.2) is 13.1 Å². The van der Waals surface area contributed by atoms with Crippen LogP contribution >= 0.6 is 11.6 Å². The van der Waals surface area contributed by atoms with E-state index in [0.717, 1.165) is 0 Å². The molecule has 0 saturated heterocycles. The van der Waals surface area contributed by atoms with Crippen molar-refractivity contribution in [2.24, 2.45) is 5.92 Å². The molecule has 1 unspecified atom stereocenters. The van der Waals surface area contributed by atoms with E-state index < -0.39 is 16.1 Å². The summed E-state index contributed by atoms with van der Waals surface area (Å²) in [7, 11) is -3.66. The number of nitrogens with one attached hydrogen (secondary N) is 1. The van der Waals surface area contributed by atoms with Gasteiger partial charge in [-0.05, 0) is 43.0 Å². The fraction of sp³-hybridized carbons (Fsp3) is 0.538. The van der Waals surface area contributed by atoms with E-state index >= 15 is 0 Å². The molecule has 0 heterocycles. The van der Waals surface area contributed by atoms with Gasteiger partial charge >= 0.3 is 0 Å². The van der Waals surface area contributed by atoms with E-state index in [-0.39, 0.29) is 17.4 Å². The summed E-state index contributed by atoms with van der Waals surface area (Å²) in [6.07, 6.45) is 0. The minimum Gasteiger partial charge on any atom is -0.395 e. The maximum atomic E-state index is 12.3. The van der Waals surface area contributed by atoms with Crippen molar-refractivity contribution in [2.75, 3.05) is 6.61 Å². The molecule has 0 aliphatic heterocycles. The Morgan fingerprint density at radius 2 is 1.84 bits per heavy atom. The van der Waals surface area contributed by atoms with Crippen molar-refractivity contribution in [3.63, 3.8) is 0 Å². The van der Waals surface area contributed by atoms with E-state index in [1.165, 1.54) is 0 Å². The van der Waals surface area contributed by atoms with Gasteiger partial charge in [0.2, 0.25) is 10.0 Å². The minimum absolute atomic E-state index is 0.00785. The zero-order valence-electron chi connectivity index (χ0n) is 11.6. The Balaban J connectivity index is 3.17. The minimum atomic E-state index is -3.66. The van der Waals surface area contributed by atoms with E-state index in [1.54, 1.807) is 26.0 Å². The van der Waals surface area contributed by atoms with Crippen LogP contribution in [0.1, 0.15) is 25.0 Å². The number of aliphatic hydroxyl groups is 1. The summed E-state index contributed by atoms with van der Waals surface area (Å²) in [6, 6.07) is 2.68. The summed E-state index contributed by atoms with van der Waals surface area (Å²) < 4.78 is 27.2. The molecule has 0 amide bonds. The van der Waals surface area contributed by atoms with Gasteiger partial charge in [0, 0.05) is 11.1 Å². The molecule has 0 spiro atoms. The van der Waals surface area contributed by atoms with Crippen molar-refractivity contribution < 1.29 is 13.5 Å². The molecular weight excluding hydrogens is 286 g/mol. The molecule has 6 heteroatoms. The fourth-order valence-corrected chi connectivity index (χ4v) is 3.60. The molecule has 0 fully saturated rings. The van der Waals surface area contributed by atoms with Crippen LogP contribution in [0.15, 0.2) is 17.0 Å². The second kappa shape index (κ2) is 6.22. The van der Waals surface area contributed by atoms with Gasteiger partial charge in [0.15, 0.2) is 0 Å². The third-order valence-electron chi connectivity index (χ3n) is 3.05. The van der Waals surface area contributed by atoms with Crippen LogP contribution in [0, 0.1) is 19.8 Å². The Hall–Kier alpha value is -0.620. The van der Waals surface area contributed by atoms with Crippen molar-refractivity contribution in [3.8, 4) is 0 Å². The molecule has 0 bridgehead atoms. The first-order valence-electron chi connectivity index (χ1n) is 6.09. The number of hydrogen-bond donors (Lipinski definition) is 2. The highest BCUT2D eigenvalue weighted by molar-refractivity contribution is 7.89. The second-order valence-electron chi connectivity index (χ2n) is 5.02. The van der Waals surface area contributed by atoms with Gasteiger partial charge in [0.25, 0.3) is 0 Å². The molecular formula is C13H20ClNO3S. The molecule has 1 atom stereocenters. The van der Waals surface area contributed by atoms with Crippen LogP contribution in [0.25, 0.3) is 0 Å². The lowest BCUT2D eigenvalue weighted by Gasteiger charge is -2.20. The van der Waals surface area contributed by atoms with Crippen molar-refractivity contribution in [2.45, 2.75) is 38.6 Å². The van der Waals surface area contributed by atoms with Crippen LogP contribution in [0.4, 0.5) is 0 Å². The molecule has 1 aromatic carbocycles. The first kappa shape index (κ1) is 16.4. The van der Waals surface area contributed by atoms with Gasteiger partial charge in [-0.1, -0.05) is 25.4 Å². The smallest absolute Gasteiger partial charge is 0.241 e. The van der Waals surface area contributed by atoms with Crippen LogP contribution in [0.5, 0.6) is 0 Å². The first-order chi connectivity index (χ1) is 8.69. The molecule has 0 radical (unpaired) electrons. The highest BCUT2D eigenvalue weighted by Crippen LogP contribution is 2.24. The monoisotopic (exact) mass is 305 g/mol. The molecule has 0 aromatic heterocycles. The topological polar surface area (TPSA) is 66.4 Å². The Labute approximate surface area is 119 Å². The highest BCUT2D eigenvalue weighted by atomic mass is 35.5. The predicted octanol–water partition coefficient (Wildman–Crippen LogP) is 2.25. The Morgan fingerprint density at radius 3 is 2.32 bits per heavy atom. The molecule has 4 nitrogen and oxygen atoms in total. The third-order valence-corrected chi connectivity index (χ3v) is 5.09. The molecule has 0 aliphatic rings. The zero-order valence-corrected chi connectivity index (χ0v) is 13.1. The molecule has 1 rings (SSSR count). The van der Waals surface area contributed by atoms with Crippen molar-refractivity contribution in [1.82, 2.24) is 4.72 Å². The number of hydrogen-bond acceptors (Lipinski definition) is 3. The van der Waals surface area contributed by atoms with E-state index in [1.807, 2.05) is 13.8 Å². The van der Waals surface area contributed by atoms with Gasteiger partial charge in [0.05, 0.1) is 11.5 Å². The summed E-state index contributed by atoms with van der Waals surface area (Å²) >= 11 is 5.96. The number of benzene rings is 1.